The quantitative estimate of drug-likeness (QED) is 0.859. The first-order chi connectivity index (χ1) is 10.6. The van der Waals surface area contributed by atoms with E-state index in [1.807, 2.05) is 24.0 Å². The van der Waals surface area contributed by atoms with Gasteiger partial charge in [-0.05, 0) is 36.6 Å². The second-order valence-corrected chi connectivity index (χ2v) is 5.70. The number of carbonyl (C=O) groups is 1. The maximum Gasteiger partial charge on any atom is 0.223 e. The molecule has 0 bridgehead atoms. The van der Waals surface area contributed by atoms with E-state index in [1.165, 1.54) is 16.7 Å². The molecule has 1 atom stereocenters. The molecule has 3 nitrogen and oxygen atoms in total. The molecule has 0 aromatic heterocycles. The molecule has 114 valence electrons. The molecule has 1 aliphatic heterocycles. The SMILES string of the molecule is CCOc1cc(C)c2c(c1)N(C(C)=O)CC2c1ccccc1. The Morgan fingerprint density at radius 3 is 2.64 bits per heavy atom. The van der Waals surface area contributed by atoms with E-state index in [1.54, 1.807) is 6.92 Å². The zero-order valence-electron chi connectivity index (χ0n) is 13.3. The molecule has 22 heavy (non-hydrogen) atoms. The van der Waals surface area contributed by atoms with Crippen LogP contribution in [-0.2, 0) is 4.79 Å². The third kappa shape index (κ3) is 2.47. The van der Waals surface area contributed by atoms with Crippen LogP contribution in [0.1, 0.15) is 36.5 Å². The van der Waals surface area contributed by atoms with Crippen molar-refractivity contribution in [3.63, 3.8) is 0 Å². The molecule has 0 radical (unpaired) electrons. The normalized spacial score (nSPS) is 16.5. The highest BCUT2D eigenvalue weighted by atomic mass is 16.5. The number of rotatable bonds is 3. The van der Waals surface area contributed by atoms with E-state index in [0.717, 1.165) is 11.4 Å². The molecule has 1 aliphatic rings. The van der Waals surface area contributed by atoms with E-state index in [2.05, 4.69) is 37.3 Å². The molecule has 2 aromatic rings. The summed E-state index contributed by atoms with van der Waals surface area (Å²) in [6.07, 6.45) is 0. The Bertz CT molecular complexity index is 694. The molecular formula is C19H21NO2. The smallest absolute Gasteiger partial charge is 0.223 e. The Morgan fingerprint density at radius 1 is 1.27 bits per heavy atom. The Labute approximate surface area is 131 Å². The lowest BCUT2D eigenvalue weighted by Gasteiger charge is -2.16. The number of ether oxygens (including phenoxy) is 1. The van der Waals surface area contributed by atoms with Crippen LogP contribution in [-0.4, -0.2) is 19.1 Å². The molecule has 0 saturated carbocycles. The van der Waals surface area contributed by atoms with Gasteiger partial charge in [-0.3, -0.25) is 4.79 Å². The van der Waals surface area contributed by atoms with E-state index in [9.17, 15) is 4.79 Å². The van der Waals surface area contributed by atoms with E-state index in [-0.39, 0.29) is 11.8 Å². The number of carbonyl (C=O) groups excluding carboxylic acids is 1. The highest BCUT2D eigenvalue weighted by molar-refractivity contribution is 5.95. The summed E-state index contributed by atoms with van der Waals surface area (Å²) in [5.74, 6) is 1.14. The van der Waals surface area contributed by atoms with E-state index >= 15 is 0 Å². The van der Waals surface area contributed by atoms with Gasteiger partial charge in [-0.15, -0.1) is 0 Å². The van der Waals surface area contributed by atoms with Crippen molar-refractivity contribution in [3.8, 4) is 5.75 Å². The highest BCUT2D eigenvalue weighted by Gasteiger charge is 2.33. The van der Waals surface area contributed by atoms with Crippen LogP contribution in [0.15, 0.2) is 42.5 Å². The van der Waals surface area contributed by atoms with Crippen LogP contribution in [0.3, 0.4) is 0 Å². The van der Waals surface area contributed by atoms with Gasteiger partial charge >= 0.3 is 0 Å². The molecule has 0 aliphatic carbocycles. The lowest BCUT2D eigenvalue weighted by Crippen LogP contribution is -2.27. The first-order valence-corrected chi connectivity index (χ1v) is 7.72. The second-order valence-electron chi connectivity index (χ2n) is 5.70. The van der Waals surface area contributed by atoms with Crippen LogP contribution in [0.4, 0.5) is 5.69 Å². The van der Waals surface area contributed by atoms with Gasteiger partial charge in [0.05, 0.1) is 12.3 Å². The van der Waals surface area contributed by atoms with Crippen LogP contribution in [0.25, 0.3) is 0 Å². The van der Waals surface area contributed by atoms with Crippen molar-refractivity contribution < 1.29 is 9.53 Å². The van der Waals surface area contributed by atoms with Crippen molar-refractivity contribution in [2.75, 3.05) is 18.1 Å². The minimum absolute atomic E-state index is 0.0766. The standard InChI is InChI=1S/C19H21NO2/c1-4-22-16-10-13(2)19-17(15-8-6-5-7-9-15)12-20(14(3)21)18(19)11-16/h5-11,17H,4,12H2,1-3H3. The molecule has 0 fully saturated rings. The van der Waals surface area contributed by atoms with Gasteiger partial charge in [0.15, 0.2) is 0 Å². The van der Waals surface area contributed by atoms with Crippen molar-refractivity contribution >= 4 is 11.6 Å². The fourth-order valence-electron chi connectivity index (χ4n) is 3.30. The fourth-order valence-corrected chi connectivity index (χ4v) is 3.30. The van der Waals surface area contributed by atoms with E-state index in [4.69, 9.17) is 4.74 Å². The number of amides is 1. The first kappa shape index (κ1) is 14.6. The topological polar surface area (TPSA) is 29.5 Å². The Hall–Kier alpha value is -2.29. The van der Waals surface area contributed by atoms with Gasteiger partial charge in [-0.2, -0.15) is 0 Å². The molecule has 1 amide bonds. The third-order valence-electron chi connectivity index (χ3n) is 4.24. The van der Waals surface area contributed by atoms with Gasteiger partial charge in [0, 0.05) is 25.5 Å². The lowest BCUT2D eigenvalue weighted by molar-refractivity contribution is -0.116. The summed E-state index contributed by atoms with van der Waals surface area (Å²) in [4.78, 5) is 13.9. The van der Waals surface area contributed by atoms with E-state index < -0.39 is 0 Å². The van der Waals surface area contributed by atoms with Gasteiger partial charge in [0.1, 0.15) is 5.75 Å². The van der Waals surface area contributed by atoms with Gasteiger partial charge in [-0.1, -0.05) is 30.3 Å². The van der Waals surface area contributed by atoms with Crippen LogP contribution in [0.2, 0.25) is 0 Å². The van der Waals surface area contributed by atoms with Gasteiger partial charge < -0.3 is 9.64 Å². The number of hydrogen-bond acceptors (Lipinski definition) is 2. The Kier molecular flexibility index (Phi) is 3.88. The predicted octanol–water partition coefficient (Wildman–Crippen LogP) is 3.89. The minimum atomic E-state index is 0.0766. The van der Waals surface area contributed by atoms with Crippen molar-refractivity contribution in [2.24, 2.45) is 0 Å². The first-order valence-electron chi connectivity index (χ1n) is 7.72. The summed E-state index contributed by atoms with van der Waals surface area (Å²) < 4.78 is 5.64. The van der Waals surface area contributed by atoms with Crippen molar-refractivity contribution in [1.29, 1.82) is 0 Å². The average molecular weight is 295 g/mol. The summed E-state index contributed by atoms with van der Waals surface area (Å²) in [6.45, 7) is 7.02. The molecule has 0 N–H and O–H groups in total. The molecule has 1 unspecified atom stereocenters. The Balaban J connectivity index is 2.12. The summed E-state index contributed by atoms with van der Waals surface area (Å²) in [7, 11) is 0. The summed E-state index contributed by atoms with van der Waals surface area (Å²) in [5.41, 5.74) is 4.66. The molecule has 0 saturated heterocycles. The highest BCUT2D eigenvalue weighted by Crippen LogP contribution is 2.44. The molecular weight excluding hydrogens is 274 g/mol. The maximum atomic E-state index is 12.1. The van der Waals surface area contributed by atoms with Gasteiger partial charge in [0.2, 0.25) is 5.91 Å². The number of aryl methyl sites for hydroxylation is 1. The Morgan fingerprint density at radius 2 is 2.00 bits per heavy atom. The molecule has 1 heterocycles. The fraction of sp³-hybridized carbons (Fsp3) is 0.316. The molecule has 0 spiro atoms. The number of nitrogens with zero attached hydrogens (tertiary/aromatic N) is 1. The number of anilines is 1. The van der Waals surface area contributed by atoms with Crippen molar-refractivity contribution in [2.45, 2.75) is 26.7 Å². The largest absolute Gasteiger partial charge is 0.494 e. The van der Waals surface area contributed by atoms with Crippen LogP contribution in [0, 0.1) is 6.92 Å². The zero-order valence-corrected chi connectivity index (χ0v) is 13.3. The van der Waals surface area contributed by atoms with Crippen LogP contribution in [0.5, 0.6) is 5.75 Å². The summed E-state index contributed by atoms with van der Waals surface area (Å²) in [6, 6.07) is 14.5. The van der Waals surface area contributed by atoms with Gasteiger partial charge in [-0.25, -0.2) is 0 Å². The van der Waals surface area contributed by atoms with Crippen molar-refractivity contribution in [3.05, 3.63) is 59.2 Å². The van der Waals surface area contributed by atoms with Crippen molar-refractivity contribution in [1.82, 2.24) is 0 Å². The number of benzene rings is 2. The zero-order chi connectivity index (χ0) is 15.7. The molecule has 2 aromatic carbocycles. The van der Waals surface area contributed by atoms with Gasteiger partial charge in [0.25, 0.3) is 0 Å². The summed E-state index contributed by atoms with van der Waals surface area (Å²) in [5, 5.41) is 0. The lowest BCUT2D eigenvalue weighted by atomic mass is 9.90. The molecule has 3 heteroatoms. The predicted molar refractivity (Wildman–Crippen MR) is 88.7 cm³/mol. The van der Waals surface area contributed by atoms with E-state index in [0.29, 0.717) is 13.2 Å². The van der Waals surface area contributed by atoms with Crippen LogP contribution < -0.4 is 9.64 Å². The van der Waals surface area contributed by atoms with Crippen LogP contribution >= 0.6 is 0 Å². The minimum Gasteiger partial charge on any atom is -0.494 e. The average Bonchev–Trinajstić information content (AvgIpc) is 2.89. The number of fused-ring (bicyclic) bond motifs is 1. The third-order valence-corrected chi connectivity index (χ3v) is 4.24. The monoisotopic (exact) mass is 295 g/mol. The summed E-state index contributed by atoms with van der Waals surface area (Å²) >= 11 is 0. The number of hydrogen-bond donors (Lipinski definition) is 0. The molecule has 3 rings (SSSR count). The second kappa shape index (κ2) is 5.84. The maximum absolute atomic E-state index is 12.1.